The molecule has 1 aromatic heterocycles. The first-order chi connectivity index (χ1) is 7.91. The number of nitro groups is 1. The van der Waals surface area contributed by atoms with E-state index in [4.69, 9.17) is 0 Å². The molecule has 0 unspecified atom stereocenters. The molecule has 0 bridgehead atoms. The number of benzene rings is 1. The number of hydrogen-bond donors (Lipinski definition) is 1. The van der Waals surface area contributed by atoms with Gasteiger partial charge >= 0.3 is 16.8 Å². The highest BCUT2D eigenvalue weighted by atomic mass is 19.1. The van der Waals surface area contributed by atoms with E-state index in [1.165, 1.54) is 7.05 Å². The highest BCUT2D eigenvalue weighted by Crippen LogP contribution is 2.21. The number of hydrogen-bond acceptors (Lipinski definition) is 4. The molecule has 1 aromatic carbocycles. The summed E-state index contributed by atoms with van der Waals surface area (Å²) in [6, 6.07) is 1.72. The minimum atomic E-state index is -1.07. The summed E-state index contributed by atoms with van der Waals surface area (Å²) in [5.74, 6) is -1.07. The van der Waals surface area contributed by atoms with Crippen LogP contribution in [0.3, 0.4) is 0 Å². The molecule has 1 heterocycles. The molecule has 2 aromatic rings. The third-order valence-electron chi connectivity index (χ3n) is 2.37. The van der Waals surface area contributed by atoms with E-state index in [1.54, 1.807) is 0 Å². The van der Waals surface area contributed by atoms with Crippen LogP contribution in [-0.4, -0.2) is 14.5 Å². The Morgan fingerprint density at radius 2 is 2.06 bits per heavy atom. The second kappa shape index (κ2) is 3.51. The predicted octanol–water partition coefficient (Wildman–Crippen LogP) is 0.274. The van der Waals surface area contributed by atoms with Crippen LogP contribution in [0.4, 0.5) is 10.1 Å². The molecule has 0 saturated carbocycles. The van der Waals surface area contributed by atoms with Crippen molar-refractivity contribution in [3.63, 3.8) is 0 Å². The van der Waals surface area contributed by atoms with E-state index in [9.17, 15) is 24.1 Å². The van der Waals surface area contributed by atoms with Gasteiger partial charge in [0.05, 0.1) is 16.0 Å². The van der Waals surface area contributed by atoms with Gasteiger partial charge in [-0.3, -0.25) is 19.7 Å². The van der Waals surface area contributed by atoms with Crippen molar-refractivity contribution in [3.8, 4) is 0 Å². The number of rotatable bonds is 1. The fourth-order valence-corrected chi connectivity index (χ4v) is 1.51. The zero-order chi connectivity index (χ0) is 12.7. The predicted molar refractivity (Wildman–Crippen MR) is 56.4 cm³/mol. The summed E-state index contributed by atoms with van der Waals surface area (Å²) in [5, 5.41) is 10.5. The summed E-state index contributed by atoms with van der Waals surface area (Å²) in [6.07, 6.45) is 0. The molecule has 0 radical (unpaired) electrons. The van der Waals surface area contributed by atoms with E-state index in [0.717, 1.165) is 16.7 Å². The monoisotopic (exact) mass is 239 g/mol. The van der Waals surface area contributed by atoms with Gasteiger partial charge in [-0.25, -0.2) is 0 Å². The van der Waals surface area contributed by atoms with Crippen molar-refractivity contribution < 1.29 is 9.31 Å². The van der Waals surface area contributed by atoms with Crippen molar-refractivity contribution in [3.05, 3.63) is 48.8 Å². The van der Waals surface area contributed by atoms with E-state index in [2.05, 4.69) is 4.98 Å². The highest BCUT2D eigenvalue weighted by molar-refractivity contribution is 5.77. The van der Waals surface area contributed by atoms with Crippen LogP contribution in [0.25, 0.3) is 11.0 Å². The summed E-state index contributed by atoms with van der Waals surface area (Å²) in [4.78, 5) is 34.2. The Morgan fingerprint density at radius 3 is 2.65 bits per heavy atom. The Hall–Kier alpha value is -2.51. The highest BCUT2D eigenvalue weighted by Gasteiger charge is 2.17. The molecule has 0 aliphatic heterocycles. The average Bonchev–Trinajstić information content (AvgIpc) is 2.26. The molecule has 0 amide bonds. The number of halogens is 1. The maximum absolute atomic E-state index is 13.3. The summed E-state index contributed by atoms with van der Waals surface area (Å²) in [7, 11) is 1.28. The molecular formula is C9H6FN3O4. The van der Waals surface area contributed by atoms with Crippen LogP contribution in [0.1, 0.15) is 0 Å². The maximum atomic E-state index is 13.3. The van der Waals surface area contributed by atoms with Crippen molar-refractivity contribution in [1.82, 2.24) is 9.55 Å². The zero-order valence-corrected chi connectivity index (χ0v) is 8.56. The largest absolute Gasteiger partial charge is 0.316 e. The Morgan fingerprint density at radius 1 is 1.41 bits per heavy atom. The van der Waals surface area contributed by atoms with Crippen molar-refractivity contribution in [2.24, 2.45) is 7.05 Å². The lowest BCUT2D eigenvalue weighted by Gasteiger charge is -2.03. The van der Waals surface area contributed by atoms with Crippen molar-refractivity contribution >= 4 is 16.7 Å². The topological polar surface area (TPSA) is 98.0 Å². The Labute approximate surface area is 92.3 Å². The first kappa shape index (κ1) is 11.0. The smallest absolute Gasteiger partial charge is 0.316 e. The number of fused-ring (bicyclic) bond motifs is 1. The van der Waals surface area contributed by atoms with Gasteiger partial charge < -0.3 is 9.55 Å². The van der Waals surface area contributed by atoms with Crippen LogP contribution >= 0.6 is 0 Å². The van der Waals surface area contributed by atoms with Gasteiger partial charge in [0.15, 0.2) is 0 Å². The quantitative estimate of drug-likeness (QED) is 0.438. The molecule has 17 heavy (non-hydrogen) atoms. The van der Waals surface area contributed by atoms with Gasteiger partial charge in [0.1, 0.15) is 0 Å². The summed E-state index contributed by atoms with van der Waals surface area (Å²) in [6.45, 7) is 0. The number of nitro benzene ring substituents is 1. The number of nitrogens with zero attached hydrogens (tertiary/aromatic N) is 2. The minimum absolute atomic E-state index is 0.0326. The van der Waals surface area contributed by atoms with Crippen LogP contribution < -0.4 is 11.1 Å². The van der Waals surface area contributed by atoms with Gasteiger partial charge in [-0.05, 0) is 0 Å². The van der Waals surface area contributed by atoms with Gasteiger partial charge in [0, 0.05) is 19.2 Å². The molecule has 0 atom stereocenters. The molecule has 7 nitrogen and oxygen atoms in total. The minimum Gasteiger partial charge on any atom is -0.316 e. The first-order valence-corrected chi connectivity index (χ1v) is 4.49. The summed E-state index contributed by atoms with van der Waals surface area (Å²) in [5.41, 5.74) is -2.42. The Bertz CT molecular complexity index is 746. The van der Waals surface area contributed by atoms with Gasteiger partial charge in [-0.2, -0.15) is 4.39 Å². The summed E-state index contributed by atoms with van der Waals surface area (Å²) < 4.78 is 14.3. The first-order valence-electron chi connectivity index (χ1n) is 4.49. The molecule has 0 spiro atoms. The Balaban J connectivity index is 2.99. The third kappa shape index (κ3) is 1.59. The number of nitrogens with one attached hydrogen (secondary N) is 1. The second-order valence-corrected chi connectivity index (χ2v) is 3.40. The molecule has 88 valence electrons. The van der Waals surface area contributed by atoms with E-state index in [1.807, 2.05) is 0 Å². The molecule has 1 N–H and O–H groups in total. The van der Waals surface area contributed by atoms with Gasteiger partial charge in [0.25, 0.3) is 0 Å². The molecule has 2 rings (SSSR count). The SMILES string of the molecule is Cn1c(=O)c(=O)[nH]c2cc([N+](=O)[O-])c(F)cc21. The van der Waals surface area contributed by atoms with Gasteiger partial charge in [0.2, 0.25) is 5.82 Å². The van der Waals surface area contributed by atoms with Gasteiger partial charge in [-0.15, -0.1) is 0 Å². The fraction of sp³-hybridized carbons (Fsp3) is 0.111. The van der Waals surface area contributed by atoms with Crippen LogP contribution in [0.15, 0.2) is 21.7 Å². The lowest BCUT2D eigenvalue weighted by molar-refractivity contribution is -0.387. The van der Waals surface area contributed by atoms with E-state index >= 15 is 0 Å². The van der Waals surface area contributed by atoms with Crippen molar-refractivity contribution in [1.29, 1.82) is 0 Å². The van der Waals surface area contributed by atoms with Crippen LogP contribution in [0.5, 0.6) is 0 Å². The maximum Gasteiger partial charge on any atom is 0.316 e. The number of aromatic amines is 1. The van der Waals surface area contributed by atoms with Gasteiger partial charge in [-0.1, -0.05) is 0 Å². The lowest BCUT2D eigenvalue weighted by Crippen LogP contribution is -2.34. The van der Waals surface area contributed by atoms with E-state index in [0.29, 0.717) is 0 Å². The zero-order valence-electron chi connectivity index (χ0n) is 8.56. The molecule has 0 fully saturated rings. The molecule has 0 aliphatic carbocycles. The molecule has 0 aliphatic rings. The number of aromatic nitrogens is 2. The van der Waals surface area contributed by atoms with Crippen LogP contribution in [-0.2, 0) is 7.05 Å². The van der Waals surface area contributed by atoms with E-state index < -0.39 is 27.5 Å². The number of aryl methyl sites for hydroxylation is 1. The lowest BCUT2D eigenvalue weighted by atomic mass is 10.2. The van der Waals surface area contributed by atoms with Crippen molar-refractivity contribution in [2.75, 3.05) is 0 Å². The molecule has 0 saturated heterocycles. The fourth-order valence-electron chi connectivity index (χ4n) is 1.51. The average molecular weight is 239 g/mol. The second-order valence-electron chi connectivity index (χ2n) is 3.40. The Kier molecular flexibility index (Phi) is 2.27. The van der Waals surface area contributed by atoms with Crippen LogP contribution in [0.2, 0.25) is 0 Å². The third-order valence-corrected chi connectivity index (χ3v) is 2.37. The van der Waals surface area contributed by atoms with Crippen molar-refractivity contribution in [2.45, 2.75) is 0 Å². The number of H-pyrrole nitrogens is 1. The standard InChI is InChI=1S/C9H6FN3O4/c1-12-7-2-4(10)6(13(16)17)3-5(7)11-8(14)9(12)15/h2-3H,1H3,(H,11,14). The molecule has 8 heteroatoms. The van der Waals surface area contributed by atoms with Crippen LogP contribution in [0, 0.1) is 15.9 Å². The molecular weight excluding hydrogens is 233 g/mol. The normalized spacial score (nSPS) is 10.7. The summed E-state index contributed by atoms with van der Waals surface area (Å²) >= 11 is 0. The van der Waals surface area contributed by atoms with E-state index in [-0.39, 0.29) is 11.0 Å².